The molecule has 82 valence electrons. The van der Waals surface area contributed by atoms with E-state index in [0.717, 1.165) is 0 Å². The van der Waals surface area contributed by atoms with Crippen LogP contribution in [0.1, 0.15) is 10.6 Å². The molecule has 6 heteroatoms. The van der Waals surface area contributed by atoms with Gasteiger partial charge in [-0.15, -0.1) is 0 Å². The first-order valence-electron chi connectivity index (χ1n) is 4.23. The molecular weight excluding hydrogens is 253 g/mol. The van der Waals surface area contributed by atoms with Gasteiger partial charge in [-0.1, -0.05) is 28.4 Å². The summed E-state index contributed by atoms with van der Waals surface area (Å²) in [6.07, 6.45) is 0. The number of rotatable bonds is 2. The Hall–Kier alpha value is -1.52. The second kappa shape index (κ2) is 4.15. The van der Waals surface area contributed by atoms with Gasteiger partial charge in [-0.2, -0.15) is 0 Å². The van der Waals surface area contributed by atoms with Crippen LogP contribution in [0, 0.1) is 0 Å². The van der Waals surface area contributed by atoms with E-state index in [4.69, 9.17) is 28.3 Å². The maximum absolute atomic E-state index is 10.6. The van der Waals surface area contributed by atoms with Crippen molar-refractivity contribution in [1.29, 1.82) is 0 Å². The number of benzene rings is 1. The second-order valence-corrected chi connectivity index (χ2v) is 3.85. The Balaban J connectivity index is 2.50. The molecule has 0 spiro atoms. The van der Waals surface area contributed by atoms with Crippen molar-refractivity contribution in [2.45, 2.75) is 0 Å². The first-order chi connectivity index (χ1) is 7.58. The highest BCUT2D eigenvalue weighted by molar-refractivity contribution is 6.35. The van der Waals surface area contributed by atoms with Gasteiger partial charge in [0.25, 0.3) is 0 Å². The van der Waals surface area contributed by atoms with Gasteiger partial charge in [-0.05, 0) is 18.2 Å². The molecule has 0 saturated carbocycles. The molecule has 4 nitrogen and oxygen atoms in total. The van der Waals surface area contributed by atoms with Crippen LogP contribution in [0.3, 0.4) is 0 Å². The number of hydrogen-bond donors (Lipinski definition) is 1. The summed E-state index contributed by atoms with van der Waals surface area (Å²) in [5.41, 5.74) is 0.871. The van der Waals surface area contributed by atoms with Crippen molar-refractivity contribution in [1.82, 2.24) is 5.16 Å². The molecule has 0 aliphatic rings. The molecule has 0 fully saturated rings. The summed E-state index contributed by atoms with van der Waals surface area (Å²) in [5.74, 6) is -1.43. The molecule has 1 aromatic heterocycles. The van der Waals surface area contributed by atoms with Crippen LogP contribution in [-0.2, 0) is 0 Å². The van der Waals surface area contributed by atoms with Crippen molar-refractivity contribution in [3.05, 3.63) is 40.1 Å². The topological polar surface area (TPSA) is 63.3 Å². The van der Waals surface area contributed by atoms with E-state index < -0.39 is 5.97 Å². The van der Waals surface area contributed by atoms with E-state index in [9.17, 15) is 4.79 Å². The Labute approximate surface area is 100 Å². The highest BCUT2D eigenvalue weighted by Crippen LogP contribution is 2.30. The zero-order chi connectivity index (χ0) is 11.7. The highest BCUT2D eigenvalue weighted by Gasteiger charge is 2.14. The van der Waals surface area contributed by atoms with Crippen LogP contribution in [0.25, 0.3) is 11.3 Å². The zero-order valence-corrected chi connectivity index (χ0v) is 9.29. The average Bonchev–Trinajstić information content (AvgIpc) is 2.70. The van der Waals surface area contributed by atoms with Crippen molar-refractivity contribution in [2.24, 2.45) is 0 Å². The lowest BCUT2D eigenvalue weighted by atomic mass is 10.1. The molecule has 0 aliphatic carbocycles. The maximum atomic E-state index is 10.6. The number of aromatic carboxylic acids is 1. The molecule has 0 radical (unpaired) electrons. The quantitative estimate of drug-likeness (QED) is 0.897. The van der Waals surface area contributed by atoms with Gasteiger partial charge in [0.2, 0.25) is 5.76 Å². The average molecular weight is 258 g/mol. The molecular formula is C10H5Cl2NO3. The Bertz CT molecular complexity index is 551. The molecule has 1 heterocycles. The molecule has 0 amide bonds. The van der Waals surface area contributed by atoms with Gasteiger partial charge >= 0.3 is 5.97 Å². The van der Waals surface area contributed by atoms with Gasteiger partial charge in [0.1, 0.15) is 5.69 Å². The van der Waals surface area contributed by atoms with Crippen molar-refractivity contribution in [2.75, 3.05) is 0 Å². The minimum atomic E-state index is -1.18. The smallest absolute Gasteiger partial charge is 0.374 e. The van der Waals surface area contributed by atoms with E-state index in [0.29, 0.717) is 21.3 Å². The van der Waals surface area contributed by atoms with Crippen molar-refractivity contribution in [3.63, 3.8) is 0 Å². The van der Waals surface area contributed by atoms with Gasteiger partial charge in [-0.25, -0.2) is 4.79 Å². The van der Waals surface area contributed by atoms with Gasteiger partial charge < -0.3 is 9.63 Å². The fourth-order valence-electron chi connectivity index (χ4n) is 1.20. The summed E-state index contributed by atoms with van der Waals surface area (Å²) < 4.78 is 4.62. The molecule has 1 N–H and O–H groups in total. The van der Waals surface area contributed by atoms with Crippen molar-refractivity contribution in [3.8, 4) is 11.3 Å². The summed E-state index contributed by atoms with van der Waals surface area (Å²) in [6.45, 7) is 0. The van der Waals surface area contributed by atoms with Gasteiger partial charge in [0, 0.05) is 16.7 Å². The number of aromatic nitrogens is 1. The first kappa shape index (κ1) is 11.0. The fourth-order valence-corrected chi connectivity index (χ4v) is 1.58. The Morgan fingerprint density at radius 2 is 2.06 bits per heavy atom. The van der Waals surface area contributed by atoms with Crippen LogP contribution >= 0.6 is 23.2 Å². The lowest BCUT2D eigenvalue weighted by Crippen LogP contribution is -1.91. The summed E-state index contributed by atoms with van der Waals surface area (Å²) >= 11 is 11.7. The zero-order valence-electron chi connectivity index (χ0n) is 7.78. The lowest BCUT2D eigenvalue weighted by Gasteiger charge is -1.99. The number of halogens is 2. The van der Waals surface area contributed by atoms with Gasteiger partial charge in [0.05, 0.1) is 5.02 Å². The lowest BCUT2D eigenvalue weighted by molar-refractivity contribution is 0.0652. The minimum absolute atomic E-state index is 0.244. The Morgan fingerprint density at radius 1 is 1.31 bits per heavy atom. The number of carbonyl (C=O) groups is 1. The molecule has 1 aromatic carbocycles. The summed E-state index contributed by atoms with van der Waals surface area (Å²) in [5, 5.41) is 13.2. The normalized spacial score (nSPS) is 10.4. The van der Waals surface area contributed by atoms with Crippen LogP contribution in [-0.4, -0.2) is 16.2 Å². The molecule has 0 saturated heterocycles. The third-order valence-corrected chi connectivity index (χ3v) is 2.49. The largest absolute Gasteiger partial charge is 0.475 e. The van der Waals surface area contributed by atoms with Gasteiger partial charge in [0.15, 0.2) is 0 Å². The first-order valence-corrected chi connectivity index (χ1v) is 4.99. The van der Waals surface area contributed by atoms with E-state index in [1.807, 2.05) is 0 Å². The van der Waals surface area contributed by atoms with Crippen molar-refractivity contribution >= 4 is 29.2 Å². The summed E-state index contributed by atoms with van der Waals surface area (Å²) in [6, 6.07) is 6.12. The molecule has 0 unspecified atom stereocenters. The maximum Gasteiger partial charge on any atom is 0.374 e. The molecule has 16 heavy (non-hydrogen) atoms. The van der Waals surface area contributed by atoms with Crippen LogP contribution in [0.2, 0.25) is 10.0 Å². The Kier molecular flexibility index (Phi) is 2.85. The highest BCUT2D eigenvalue weighted by atomic mass is 35.5. The van der Waals surface area contributed by atoms with E-state index in [1.54, 1.807) is 18.2 Å². The van der Waals surface area contributed by atoms with Gasteiger partial charge in [-0.3, -0.25) is 0 Å². The molecule has 2 aromatic rings. The summed E-state index contributed by atoms with van der Waals surface area (Å²) in [7, 11) is 0. The number of nitrogens with zero attached hydrogens (tertiary/aromatic N) is 1. The predicted molar refractivity (Wildman–Crippen MR) is 58.9 cm³/mol. The molecule has 0 atom stereocenters. The van der Waals surface area contributed by atoms with E-state index in [-0.39, 0.29) is 5.76 Å². The minimum Gasteiger partial charge on any atom is -0.475 e. The van der Waals surface area contributed by atoms with Crippen LogP contribution in [0.4, 0.5) is 0 Å². The Morgan fingerprint density at radius 3 is 2.69 bits per heavy atom. The third kappa shape index (κ3) is 2.03. The van der Waals surface area contributed by atoms with E-state index >= 15 is 0 Å². The van der Waals surface area contributed by atoms with E-state index in [1.165, 1.54) is 6.07 Å². The monoisotopic (exact) mass is 257 g/mol. The summed E-state index contributed by atoms with van der Waals surface area (Å²) in [4.78, 5) is 10.6. The molecule has 0 bridgehead atoms. The SMILES string of the molecule is O=C(O)c1cc(-c2cc(Cl)ccc2Cl)no1. The molecule has 2 rings (SSSR count). The predicted octanol–water partition coefficient (Wildman–Crippen LogP) is 3.35. The second-order valence-electron chi connectivity index (χ2n) is 3.01. The standard InChI is InChI=1S/C10H5Cl2NO3/c11-5-1-2-7(12)6(3-5)8-4-9(10(14)15)16-13-8/h1-4H,(H,14,15). The van der Waals surface area contributed by atoms with Crippen LogP contribution < -0.4 is 0 Å². The number of carboxylic acid groups (broad SMARTS) is 1. The third-order valence-electron chi connectivity index (χ3n) is 1.93. The fraction of sp³-hybridized carbons (Fsp3) is 0. The number of hydrogen-bond acceptors (Lipinski definition) is 3. The van der Waals surface area contributed by atoms with Crippen LogP contribution in [0.5, 0.6) is 0 Å². The number of carboxylic acids is 1. The van der Waals surface area contributed by atoms with E-state index in [2.05, 4.69) is 9.68 Å². The molecule has 0 aliphatic heterocycles. The van der Waals surface area contributed by atoms with Crippen molar-refractivity contribution < 1.29 is 14.4 Å². The van der Waals surface area contributed by atoms with Crippen LogP contribution in [0.15, 0.2) is 28.8 Å².